The molecule has 0 radical (unpaired) electrons. The summed E-state index contributed by atoms with van der Waals surface area (Å²) >= 11 is 3.13. The lowest BCUT2D eigenvalue weighted by molar-refractivity contribution is -0.394. The van der Waals surface area contributed by atoms with Crippen LogP contribution in [0.4, 0.5) is 5.69 Å². The van der Waals surface area contributed by atoms with E-state index in [1.54, 1.807) is 16.7 Å². The van der Waals surface area contributed by atoms with Crippen LogP contribution < -0.4 is 0 Å². The second kappa shape index (κ2) is 4.33. The van der Waals surface area contributed by atoms with Gasteiger partial charge in [-0.1, -0.05) is 15.9 Å². The first kappa shape index (κ1) is 10.1. The average Bonchev–Trinajstić information content (AvgIpc) is 2.17. The lowest BCUT2D eigenvalue weighted by atomic mass is 10.1. The molecule has 0 aliphatic rings. The number of Topliss-reactive ketones (excluding diaryl/α,β-unsaturated/α-hetero) is 1. The largest absolute Gasteiger partial charge is 0.293 e. The average molecular weight is 241 g/mol. The molecule has 0 spiro atoms. The highest BCUT2D eigenvalue weighted by Gasteiger charge is 2.05. The highest BCUT2D eigenvalue weighted by atomic mass is 79.9. The summed E-state index contributed by atoms with van der Waals surface area (Å²) in [5.74, 6) is 0.0956. The predicted octanol–water partition coefficient (Wildman–Crippen LogP) is 2.24. The van der Waals surface area contributed by atoms with Crippen molar-refractivity contribution in [1.29, 1.82) is 0 Å². The molecule has 0 bridgehead atoms. The standard InChI is InChI=1S/C10H11BrNO/c1-12(2)9-5-3-8(4-6-9)10(13)7-11/h3-6H,1,7H2,2H3/q+1. The predicted molar refractivity (Wildman–Crippen MR) is 57.5 cm³/mol. The number of hydrogen-bond donors (Lipinski definition) is 0. The third kappa shape index (κ3) is 2.49. The van der Waals surface area contributed by atoms with E-state index in [4.69, 9.17) is 0 Å². The van der Waals surface area contributed by atoms with Crippen molar-refractivity contribution in [1.82, 2.24) is 0 Å². The second-order valence-electron chi connectivity index (χ2n) is 2.80. The molecule has 0 fully saturated rings. The zero-order valence-electron chi connectivity index (χ0n) is 7.46. The lowest BCUT2D eigenvalue weighted by Gasteiger charge is -1.97. The van der Waals surface area contributed by atoms with Gasteiger partial charge in [-0.05, 0) is 12.1 Å². The van der Waals surface area contributed by atoms with Gasteiger partial charge in [-0.2, -0.15) is 0 Å². The lowest BCUT2D eigenvalue weighted by Crippen LogP contribution is -2.00. The van der Waals surface area contributed by atoms with Crippen LogP contribution in [-0.2, 0) is 0 Å². The number of hydrogen-bond acceptors (Lipinski definition) is 1. The molecule has 0 aliphatic heterocycles. The van der Waals surface area contributed by atoms with Crippen LogP contribution in [-0.4, -0.2) is 29.5 Å². The summed E-state index contributed by atoms with van der Waals surface area (Å²) < 4.78 is 1.75. The van der Waals surface area contributed by atoms with Gasteiger partial charge in [0, 0.05) is 17.7 Å². The molecule has 13 heavy (non-hydrogen) atoms. The number of carbonyl (C=O) groups is 1. The van der Waals surface area contributed by atoms with Gasteiger partial charge in [0.2, 0.25) is 5.69 Å². The van der Waals surface area contributed by atoms with E-state index in [2.05, 4.69) is 22.6 Å². The van der Waals surface area contributed by atoms with Crippen molar-refractivity contribution < 1.29 is 9.37 Å². The summed E-state index contributed by atoms with van der Waals surface area (Å²) in [5, 5.41) is 0.368. The summed E-state index contributed by atoms with van der Waals surface area (Å²) in [6.07, 6.45) is 0. The molecule has 0 saturated heterocycles. The molecule has 1 rings (SSSR count). The Morgan fingerprint density at radius 3 is 2.38 bits per heavy atom. The van der Waals surface area contributed by atoms with E-state index in [0.29, 0.717) is 5.33 Å². The fourth-order valence-electron chi connectivity index (χ4n) is 0.979. The van der Waals surface area contributed by atoms with E-state index < -0.39 is 0 Å². The van der Waals surface area contributed by atoms with Crippen molar-refractivity contribution in [2.45, 2.75) is 0 Å². The SMILES string of the molecule is C=[N+](C)c1ccc(C(=O)CBr)cc1. The first-order valence-corrected chi connectivity index (χ1v) is 5.00. The second-order valence-corrected chi connectivity index (χ2v) is 3.36. The minimum absolute atomic E-state index is 0.0956. The summed E-state index contributed by atoms with van der Waals surface area (Å²) in [4.78, 5) is 11.2. The Bertz CT molecular complexity index is 329. The van der Waals surface area contributed by atoms with Crippen molar-refractivity contribution in [3.63, 3.8) is 0 Å². The minimum atomic E-state index is 0.0956. The van der Waals surface area contributed by atoms with Crippen LogP contribution in [0.5, 0.6) is 0 Å². The monoisotopic (exact) mass is 240 g/mol. The van der Waals surface area contributed by atoms with Gasteiger partial charge in [0.05, 0.1) is 5.33 Å². The van der Waals surface area contributed by atoms with Crippen molar-refractivity contribution >= 4 is 34.1 Å². The van der Waals surface area contributed by atoms with Gasteiger partial charge in [-0.15, -0.1) is 0 Å². The van der Waals surface area contributed by atoms with Gasteiger partial charge in [0.25, 0.3) is 0 Å². The quantitative estimate of drug-likeness (QED) is 0.344. The summed E-state index contributed by atoms with van der Waals surface area (Å²) in [7, 11) is 1.86. The fraction of sp³-hybridized carbons (Fsp3) is 0.200. The molecule has 1 aromatic carbocycles. The van der Waals surface area contributed by atoms with Gasteiger partial charge in [0.15, 0.2) is 5.78 Å². The van der Waals surface area contributed by atoms with Gasteiger partial charge in [0.1, 0.15) is 13.8 Å². The van der Waals surface area contributed by atoms with E-state index in [1.165, 1.54) is 0 Å². The Hall–Kier alpha value is -0.960. The maximum atomic E-state index is 11.2. The van der Waals surface area contributed by atoms with Crippen molar-refractivity contribution in [3.8, 4) is 0 Å². The number of carbonyl (C=O) groups excluding carboxylic acids is 1. The topological polar surface area (TPSA) is 20.1 Å². The van der Waals surface area contributed by atoms with E-state index in [0.717, 1.165) is 11.3 Å². The molecule has 3 heteroatoms. The van der Waals surface area contributed by atoms with E-state index in [9.17, 15) is 4.79 Å². The number of rotatable bonds is 3. The molecule has 0 N–H and O–H groups in total. The molecule has 1 aromatic rings. The molecule has 0 unspecified atom stereocenters. The molecule has 0 amide bonds. The molecule has 0 atom stereocenters. The first-order valence-electron chi connectivity index (χ1n) is 3.88. The Kier molecular flexibility index (Phi) is 3.37. The van der Waals surface area contributed by atoms with Crippen LogP contribution >= 0.6 is 15.9 Å². The van der Waals surface area contributed by atoms with Crippen LogP contribution in [0, 0.1) is 0 Å². The number of halogens is 1. The number of alkyl halides is 1. The Morgan fingerprint density at radius 1 is 1.46 bits per heavy atom. The van der Waals surface area contributed by atoms with Crippen LogP contribution in [0.1, 0.15) is 10.4 Å². The Labute approximate surface area is 86.0 Å². The van der Waals surface area contributed by atoms with Gasteiger partial charge >= 0.3 is 0 Å². The van der Waals surface area contributed by atoms with Crippen LogP contribution in [0.25, 0.3) is 0 Å². The molecule has 0 aliphatic carbocycles. The number of benzene rings is 1. The smallest absolute Gasteiger partial charge is 0.204 e. The zero-order valence-corrected chi connectivity index (χ0v) is 9.04. The highest BCUT2D eigenvalue weighted by molar-refractivity contribution is 9.09. The number of ketones is 1. The van der Waals surface area contributed by atoms with Crippen molar-refractivity contribution in [3.05, 3.63) is 29.8 Å². The van der Waals surface area contributed by atoms with Gasteiger partial charge in [-0.3, -0.25) is 4.79 Å². The van der Waals surface area contributed by atoms with Crippen molar-refractivity contribution in [2.75, 3.05) is 12.4 Å². The Balaban J connectivity index is 2.93. The Morgan fingerprint density at radius 2 is 2.00 bits per heavy atom. The maximum absolute atomic E-state index is 11.2. The van der Waals surface area contributed by atoms with Gasteiger partial charge < -0.3 is 0 Å². The minimum Gasteiger partial charge on any atom is -0.293 e. The van der Waals surface area contributed by atoms with Crippen molar-refractivity contribution in [2.24, 2.45) is 0 Å². The zero-order chi connectivity index (χ0) is 9.84. The molecule has 0 heterocycles. The third-order valence-electron chi connectivity index (χ3n) is 1.75. The molecular weight excluding hydrogens is 230 g/mol. The number of nitrogens with zero attached hydrogens (tertiary/aromatic N) is 1. The van der Waals surface area contributed by atoms with Gasteiger partial charge in [-0.25, -0.2) is 4.58 Å². The maximum Gasteiger partial charge on any atom is 0.204 e. The van der Waals surface area contributed by atoms with Crippen LogP contribution in [0.3, 0.4) is 0 Å². The van der Waals surface area contributed by atoms with E-state index in [1.807, 2.05) is 19.2 Å². The van der Waals surface area contributed by atoms with E-state index >= 15 is 0 Å². The summed E-state index contributed by atoms with van der Waals surface area (Å²) in [6, 6.07) is 7.37. The third-order valence-corrected chi connectivity index (χ3v) is 2.26. The van der Waals surface area contributed by atoms with E-state index in [-0.39, 0.29) is 5.78 Å². The molecule has 0 aromatic heterocycles. The van der Waals surface area contributed by atoms with Crippen LogP contribution in [0.2, 0.25) is 0 Å². The first-order chi connectivity index (χ1) is 6.15. The van der Waals surface area contributed by atoms with Crippen LogP contribution in [0.15, 0.2) is 24.3 Å². The summed E-state index contributed by atoms with van der Waals surface area (Å²) in [5.41, 5.74) is 1.72. The highest BCUT2D eigenvalue weighted by Crippen LogP contribution is 2.11. The normalized spacial score (nSPS) is 9.69. The molecule has 68 valence electrons. The fourth-order valence-corrected chi connectivity index (χ4v) is 1.30. The molecule has 0 saturated carbocycles. The molecular formula is C10H11BrNO+. The summed E-state index contributed by atoms with van der Waals surface area (Å²) in [6.45, 7) is 3.74. The molecule has 2 nitrogen and oxygen atoms in total.